The zero-order chi connectivity index (χ0) is 14.1. The predicted octanol–water partition coefficient (Wildman–Crippen LogP) is 3.61. The third-order valence-corrected chi connectivity index (χ3v) is 4.86. The molecule has 2 aromatic rings. The zero-order valence-corrected chi connectivity index (χ0v) is 12.7. The highest BCUT2D eigenvalue weighted by Crippen LogP contribution is 2.32. The van der Waals surface area contributed by atoms with Crippen molar-refractivity contribution in [1.82, 2.24) is 4.98 Å². The fourth-order valence-corrected chi connectivity index (χ4v) is 3.56. The molecule has 0 bridgehead atoms. The van der Waals surface area contributed by atoms with Gasteiger partial charge in [-0.25, -0.2) is 4.98 Å². The van der Waals surface area contributed by atoms with Gasteiger partial charge in [0.15, 0.2) is 0 Å². The average molecular weight is 286 g/mol. The van der Waals surface area contributed by atoms with Crippen LogP contribution >= 0.6 is 11.3 Å². The molecular weight excluding hydrogens is 268 g/mol. The third kappa shape index (κ3) is 2.24. The van der Waals surface area contributed by atoms with Crippen molar-refractivity contribution < 1.29 is 4.79 Å². The summed E-state index contributed by atoms with van der Waals surface area (Å²) in [6.45, 7) is 4.94. The van der Waals surface area contributed by atoms with Gasteiger partial charge in [-0.05, 0) is 37.3 Å². The van der Waals surface area contributed by atoms with Crippen LogP contribution in [0.2, 0.25) is 0 Å². The summed E-state index contributed by atoms with van der Waals surface area (Å²) >= 11 is 1.51. The first-order chi connectivity index (χ1) is 9.70. The Morgan fingerprint density at radius 3 is 3.05 bits per heavy atom. The quantitative estimate of drug-likeness (QED) is 0.845. The number of carbonyl (C=O) groups is 1. The highest BCUT2D eigenvalue weighted by molar-refractivity contribution is 7.13. The van der Waals surface area contributed by atoms with Gasteiger partial charge in [-0.1, -0.05) is 25.1 Å². The summed E-state index contributed by atoms with van der Waals surface area (Å²) in [4.78, 5) is 19.7. The summed E-state index contributed by atoms with van der Waals surface area (Å²) in [5, 5.41) is 1.02. The molecule has 0 saturated heterocycles. The maximum atomic E-state index is 12.7. The summed E-state index contributed by atoms with van der Waals surface area (Å²) in [5.74, 6) is 0.0949. The fraction of sp³-hybridized carbons (Fsp3) is 0.375. The molecule has 0 spiro atoms. The molecule has 3 rings (SSSR count). The molecule has 0 N–H and O–H groups in total. The second-order valence-corrected chi connectivity index (χ2v) is 6.23. The van der Waals surface area contributed by atoms with E-state index in [9.17, 15) is 4.79 Å². The molecule has 1 aromatic carbocycles. The Kier molecular flexibility index (Phi) is 3.57. The van der Waals surface area contributed by atoms with E-state index in [1.165, 1.54) is 22.5 Å². The molecule has 0 aliphatic carbocycles. The van der Waals surface area contributed by atoms with Crippen LogP contribution in [0, 0.1) is 6.92 Å². The van der Waals surface area contributed by atoms with Crippen molar-refractivity contribution in [2.24, 2.45) is 0 Å². The number of hydrogen-bond donors (Lipinski definition) is 0. The second kappa shape index (κ2) is 5.37. The standard InChI is InChI=1S/C16H18N2OS/c1-3-14-17-10-13(20-14)16(19)18-9-5-8-12-7-4-6-11(2)15(12)18/h4,6-7,10H,3,5,8-9H2,1-2H3. The van der Waals surface area contributed by atoms with Gasteiger partial charge in [0.1, 0.15) is 4.88 Å². The average Bonchev–Trinajstić information content (AvgIpc) is 2.95. The summed E-state index contributed by atoms with van der Waals surface area (Å²) in [5.41, 5.74) is 3.57. The molecule has 0 fully saturated rings. The summed E-state index contributed by atoms with van der Waals surface area (Å²) in [6, 6.07) is 6.28. The largest absolute Gasteiger partial charge is 0.307 e. The Hall–Kier alpha value is -1.68. The van der Waals surface area contributed by atoms with Gasteiger partial charge in [0, 0.05) is 6.54 Å². The first-order valence-electron chi connectivity index (χ1n) is 7.05. The molecule has 0 radical (unpaired) electrons. The lowest BCUT2D eigenvalue weighted by atomic mass is 9.98. The SMILES string of the molecule is CCc1ncc(C(=O)N2CCCc3cccc(C)c32)s1. The number of nitrogens with zero attached hydrogens (tertiary/aromatic N) is 2. The lowest BCUT2D eigenvalue weighted by Crippen LogP contribution is -2.35. The second-order valence-electron chi connectivity index (χ2n) is 5.11. The van der Waals surface area contributed by atoms with Crippen molar-refractivity contribution in [2.75, 3.05) is 11.4 Å². The van der Waals surface area contributed by atoms with Gasteiger partial charge in [-0.3, -0.25) is 4.79 Å². The number of anilines is 1. The predicted molar refractivity (Wildman–Crippen MR) is 82.7 cm³/mol. The van der Waals surface area contributed by atoms with Crippen molar-refractivity contribution in [3.8, 4) is 0 Å². The lowest BCUT2D eigenvalue weighted by Gasteiger charge is -2.30. The van der Waals surface area contributed by atoms with Crippen molar-refractivity contribution in [3.05, 3.63) is 45.4 Å². The van der Waals surface area contributed by atoms with E-state index < -0.39 is 0 Å². The normalized spacial score (nSPS) is 14.2. The molecular formula is C16H18N2OS. The van der Waals surface area contributed by atoms with Gasteiger partial charge < -0.3 is 4.90 Å². The molecule has 0 unspecified atom stereocenters. The first-order valence-corrected chi connectivity index (χ1v) is 7.87. The number of rotatable bonds is 2. The van der Waals surface area contributed by atoms with Crippen LogP contribution in [0.4, 0.5) is 5.69 Å². The number of benzene rings is 1. The van der Waals surface area contributed by atoms with E-state index in [0.29, 0.717) is 0 Å². The van der Waals surface area contributed by atoms with E-state index in [1.807, 2.05) is 4.90 Å². The summed E-state index contributed by atoms with van der Waals surface area (Å²) in [6.07, 6.45) is 4.69. The van der Waals surface area contributed by atoms with Crippen LogP contribution < -0.4 is 4.90 Å². The van der Waals surface area contributed by atoms with Crippen LogP contribution in [-0.4, -0.2) is 17.4 Å². The molecule has 0 atom stereocenters. The molecule has 0 saturated carbocycles. The number of thiazole rings is 1. The van der Waals surface area contributed by atoms with Gasteiger partial charge in [0.05, 0.1) is 16.9 Å². The Balaban J connectivity index is 1.98. The highest BCUT2D eigenvalue weighted by Gasteiger charge is 2.26. The van der Waals surface area contributed by atoms with Crippen LogP contribution in [-0.2, 0) is 12.8 Å². The summed E-state index contributed by atoms with van der Waals surface area (Å²) < 4.78 is 0. The zero-order valence-electron chi connectivity index (χ0n) is 11.8. The van der Waals surface area contributed by atoms with Crippen molar-refractivity contribution in [2.45, 2.75) is 33.1 Å². The van der Waals surface area contributed by atoms with E-state index in [0.717, 1.165) is 41.4 Å². The molecule has 20 heavy (non-hydrogen) atoms. The van der Waals surface area contributed by atoms with Gasteiger partial charge in [0.2, 0.25) is 0 Å². The van der Waals surface area contributed by atoms with Crippen LogP contribution in [0.25, 0.3) is 0 Å². The Bertz CT molecular complexity index is 648. The minimum absolute atomic E-state index is 0.0949. The topological polar surface area (TPSA) is 33.2 Å². The van der Waals surface area contributed by atoms with Gasteiger partial charge in [-0.2, -0.15) is 0 Å². The van der Waals surface area contributed by atoms with E-state index in [1.54, 1.807) is 6.20 Å². The third-order valence-electron chi connectivity index (χ3n) is 3.73. The van der Waals surface area contributed by atoms with E-state index >= 15 is 0 Å². The molecule has 2 heterocycles. The number of aryl methyl sites for hydroxylation is 3. The Morgan fingerprint density at radius 1 is 1.45 bits per heavy atom. The van der Waals surface area contributed by atoms with E-state index in [2.05, 4.69) is 37.0 Å². The number of amides is 1. The monoisotopic (exact) mass is 286 g/mol. The van der Waals surface area contributed by atoms with Crippen molar-refractivity contribution in [3.63, 3.8) is 0 Å². The van der Waals surface area contributed by atoms with Crippen molar-refractivity contribution in [1.29, 1.82) is 0 Å². The van der Waals surface area contributed by atoms with Gasteiger partial charge in [-0.15, -0.1) is 11.3 Å². The highest BCUT2D eigenvalue weighted by atomic mass is 32.1. The smallest absolute Gasteiger partial charge is 0.270 e. The molecule has 1 aliphatic heterocycles. The molecule has 1 amide bonds. The van der Waals surface area contributed by atoms with Crippen LogP contribution in [0.1, 0.15) is 39.2 Å². The first kappa shape index (κ1) is 13.3. The molecule has 104 valence electrons. The molecule has 1 aromatic heterocycles. The van der Waals surface area contributed by atoms with Crippen LogP contribution in [0.3, 0.4) is 0 Å². The van der Waals surface area contributed by atoms with Crippen molar-refractivity contribution >= 4 is 22.9 Å². The van der Waals surface area contributed by atoms with Gasteiger partial charge in [0.25, 0.3) is 5.91 Å². The molecule has 1 aliphatic rings. The number of para-hydroxylation sites is 1. The van der Waals surface area contributed by atoms with Gasteiger partial charge >= 0.3 is 0 Å². The number of hydrogen-bond acceptors (Lipinski definition) is 3. The molecule has 4 heteroatoms. The maximum Gasteiger partial charge on any atom is 0.270 e. The van der Waals surface area contributed by atoms with Crippen LogP contribution in [0.15, 0.2) is 24.4 Å². The number of fused-ring (bicyclic) bond motifs is 1. The Labute approximate surface area is 123 Å². The lowest BCUT2D eigenvalue weighted by molar-refractivity contribution is 0.0988. The minimum Gasteiger partial charge on any atom is -0.307 e. The van der Waals surface area contributed by atoms with E-state index in [-0.39, 0.29) is 5.91 Å². The van der Waals surface area contributed by atoms with E-state index in [4.69, 9.17) is 0 Å². The number of carbonyl (C=O) groups excluding carboxylic acids is 1. The van der Waals surface area contributed by atoms with Crippen LogP contribution in [0.5, 0.6) is 0 Å². The minimum atomic E-state index is 0.0949. The fourth-order valence-electron chi connectivity index (χ4n) is 2.76. The Morgan fingerprint density at radius 2 is 2.30 bits per heavy atom. The molecule has 3 nitrogen and oxygen atoms in total. The number of aromatic nitrogens is 1. The summed E-state index contributed by atoms with van der Waals surface area (Å²) in [7, 11) is 0. The maximum absolute atomic E-state index is 12.7.